The monoisotopic (exact) mass is 227 g/mol. The molecule has 1 aromatic rings. The van der Waals surface area contributed by atoms with Gasteiger partial charge in [0, 0.05) is 17.5 Å². The molecule has 0 amide bonds. The largest absolute Gasteiger partial charge is 0.469 e. The van der Waals surface area contributed by atoms with E-state index in [0.29, 0.717) is 19.0 Å². The van der Waals surface area contributed by atoms with Crippen molar-refractivity contribution in [3.05, 3.63) is 22.4 Å². The smallest absolute Gasteiger partial charge is 0.306 e. The molecule has 0 saturated carbocycles. The molecule has 1 unspecified atom stereocenters. The maximum Gasteiger partial charge on any atom is 0.306 e. The molecule has 1 atom stereocenters. The minimum Gasteiger partial charge on any atom is -0.469 e. The van der Waals surface area contributed by atoms with Crippen LogP contribution in [0.15, 0.2) is 17.5 Å². The van der Waals surface area contributed by atoms with E-state index in [2.05, 4.69) is 34.5 Å². The van der Waals surface area contributed by atoms with Crippen LogP contribution in [0.25, 0.3) is 0 Å². The van der Waals surface area contributed by atoms with Crippen molar-refractivity contribution in [3.8, 4) is 0 Å². The molecule has 84 valence electrons. The summed E-state index contributed by atoms with van der Waals surface area (Å²) in [5.74, 6) is -0.161. The van der Waals surface area contributed by atoms with Crippen LogP contribution in [0.4, 0.5) is 0 Å². The molecular weight excluding hydrogens is 210 g/mol. The van der Waals surface area contributed by atoms with Crippen molar-refractivity contribution in [2.75, 3.05) is 13.7 Å². The van der Waals surface area contributed by atoms with Crippen molar-refractivity contribution in [2.24, 2.45) is 0 Å². The van der Waals surface area contributed by atoms with E-state index in [4.69, 9.17) is 0 Å². The quantitative estimate of drug-likeness (QED) is 0.754. The number of carbonyl (C=O) groups excluding carboxylic acids is 1. The highest BCUT2D eigenvalue weighted by Crippen LogP contribution is 2.10. The summed E-state index contributed by atoms with van der Waals surface area (Å²) in [4.78, 5) is 12.2. The van der Waals surface area contributed by atoms with E-state index in [-0.39, 0.29) is 5.97 Å². The second-order valence-corrected chi connectivity index (χ2v) is 4.50. The van der Waals surface area contributed by atoms with E-state index >= 15 is 0 Å². The minimum atomic E-state index is -0.161. The van der Waals surface area contributed by atoms with E-state index in [1.807, 2.05) is 0 Å². The molecule has 1 heterocycles. The Labute approximate surface area is 94.5 Å². The maximum absolute atomic E-state index is 10.9. The van der Waals surface area contributed by atoms with Crippen LogP contribution in [0.3, 0.4) is 0 Å². The Morgan fingerprint density at radius 2 is 2.47 bits per heavy atom. The number of hydrogen-bond donors (Lipinski definition) is 1. The second-order valence-electron chi connectivity index (χ2n) is 3.46. The van der Waals surface area contributed by atoms with Gasteiger partial charge in [0.05, 0.1) is 13.5 Å². The van der Waals surface area contributed by atoms with Gasteiger partial charge in [0.2, 0.25) is 0 Å². The molecule has 1 rings (SSSR count). The predicted octanol–water partition coefficient (Wildman–Crippen LogP) is 1.83. The predicted molar refractivity (Wildman–Crippen MR) is 62.1 cm³/mol. The molecule has 0 aromatic carbocycles. The van der Waals surface area contributed by atoms with E-state index in [0.717, 1.165) is 6.42 Å². The first-order valence-corrected chi connectivity index (χ1v) is 5.93. The van der Waals surface area contributed by atoms with Crippen LogP contribution >= 0.6 is 11.3 Å². The van der Waals surface area contributed by atoms with Gasteiger partial charge in [0.1, 0.15) is 0 Å². The maximum atomic E-state index is 10.9. The average Bonchev–Trinajstić information content (AvgIpc) is 2.70. The molecule has 0 bridgehead atoms. The molecule has 0 radical (unpaired) electrons. The number of methoxy groups -OCH3 is 1. The number of hydrogen-bond acceptors (Lipinski definition) is 4. The summed E-state index contributed by atoms with van der Waals surface area (Å²) in [7, 11) is 1.41. The summed E-state index contributed by atoms with van der Waals surface area (Å²) in [6, 6.07) is 4.58. The summed E-state index contributed by atoms with van der Waals surface area (Å²) in [6.45, 7) is 2.80. The first-order chi connectivity index (χ1) is 7.22. The van der Waals surface area contributed by atoms with E-state index < -0.39 is 0 Å². The van der Waals surface area contributed by atoms with Gasteiger partial charge in [0.25, 0.3) is 0 Å². The molecule has 0 spiro atoms. The van der Waals surface area contributed by atoms with Gasteiger partial charge in [-0.1, -0.05) is 6.07 Å². The van der Waals surface area contributed by atoms with Gasteiger partial charge >= 0.3 is 5.97 Å². The van der Waals surface area contributed by atoms with E-state index in [1.165, 1.54) is 12.0 Å². The zero-order chi connectivity index (χ0) is 11.1. The zero-order valence-electron chi connectivity index (χ0n) is 9.16. The summed E-state index contributed by atoms with van der Waals surface area (Å²) < 4.78 is 4.56. The Kier molecular flexibility index (Phi) is 5.36. The van der Waals surface area contributed by atoms with Crippen LogP contribution in [0.5, 0.6) is 0 Å². The van der Waals surface area contributed by atoms with E-state index in [9.17, 15) is 4.79 Å². The molecule has 0 aliphatic carbocycles. The van der Waals surface area contributed by atoms with Crippen molar-refractivity contribution in [1.29, 1.82) is 0 Å². The van der Waals surface area contributed by atoms with Crippen molar-refractivity contribution < 1.29 is 9.53 Å². The summed E-state index contributed by atoms with van der Waals surface area (Å²) in [5, 5.41) is 5.37. The van der Waals surface area contributed by atoms with Crippen molar-refractivity contribution >= 4 is 17.3 Å². The number of nitrogens with one attached hydrogen (secondary N) is 1. The minimum absolute atomic E-state index is 0.161. The summed E-state index contributed by atoms with van der Waals surface area (Å²) >= 11 is 1.76. The molecule has 0 saturated heterocycles. The topological polar surface area (TPSA) is 38.3 Å². The number of carbonyl (C=O) groups is 1. The van der Waals surface area contributed by atoms with Crippen molar-refractivity contribution in [2.45, 2.75) is 25.8 Å². The first kappa shape index (κ1) is 12.2. The number of ether oxygens (including phenoxy) is 1. The third kappa shape index (κ3) is 4.95. The fourth-order valence-corrected chi connectivity index (χ4v) is 2.16. The van der Waals surface area contributed by atoms with Crippen LogP contribution in [-0.4, -0.2) is 25.7 Å². The van der Waals surface area contributed by atoms with Crippen molar-refractivity contribution in [1.82, 2.24) is 5.32 Å². The molecule has 0 aliphatic heterocycles. The first-order valence-electron chi connectivity index (χ1n) is 5.05. The molecule has 4 heteroatoms. The third-order valence-corrected chi connectivity index (χ3v) is 3.04. The highest BCUT2D eigenvalue weighted by Gasteiger charge is 2.05. The van der Waals surface area contributed by atoms with Crippen LogP contribution < -0.4 is 5.32 Å². The molecule has 1 aromatic heterocycles. The third-order valence-electron chi connectivity index (χ3n) is 2.14. The Hall–Kier alpha value is -0.870. The molecule has 3 nitrogen and oxygen atoms in total. The molecular formula is C11H17NO2S. The van der Waals surface area contributed by atoms with Gasteiger partial charge in [-0.05, 0) is 24.8 Å². The fourth-order valence-electron chi connectivity index (χ4n) is 1.33. The lowest BCUT2D eigenvalue weighted by Crippen LogP contribution is -2.30. The average molecular weight is 227 g/mol. The van der Waals surface area contributed by atoms with Gasteiger partial charge in [-0.25, -0.2) is 0 Å². The van der Waals surface area contributed by atoms with Crippen LogP contribution in [0.1, 0.15) is 18.2 Å². The number of rotatable bonds is 6. The highest BCUT2D eigenvalue weighted by molar-refractivity contribution is 7.09. The van der Waals surface area contributed by atoms with Gasteiger partial charge in [0.15, 0.2) is 0 Å². The lowest BCUT2D eigenvalue weighted by molar-refractivity contribution is -0.140. The SMILES string of the molecule is COC(=O)CCNC(C)Cc1cccs1. The zero-order valence-corrected chi connectivity index (χ0v) is 9.97. The van der Waals surface area contributed by atoms with Gasteiger partial charge in [-0.2, -0.15) is 0 Å². The lowest BCUT2D eigenvalue weighted by Gasteiger charge is -2.11. The van der Waals surface area contributed by atoms with Crippen molar-refractivity contribution in [3.63, 3.8) is 0 Å². The fraction of sp³-hybridized carbons (Fsp3) is 0.545. The van der Waals surface area contributed by atoms with Crippen LogP contribution in [0, 0.1) is 0 Å². The number of thiophene rings is 1. The molecule has 0 fully saturated rings. The normalized spacial score (nSPS) is 12.4. The Bertz CT molecular complexity index is 285. The van der Waals surface area contributed by atoms with Gasteiger partial charge < -0.3 is 10.1 Å². The van der Waals surface area contributed by atoms with Crippen LogP contribution in [-0.2, 0) is 16.0 Å². The highest BCUT2D eigenvalue weighted by atomic mass is 32.1. The van der Waals surface area contributed by atoms with Crippen LogP contribution in [0.2, 0.25) is 0 Å². The van der Waals surface area contributed by atoms with Gasteiger partial charge in [-0.15, -0.1) is 11.3 Å². The Morgan fingerprint density at radius 3 is 3.07 bits per heavy atom. The summed E-state index contributed by atoms with van der Waals surface area (Å²) in [5.41, 5.74) is 0. The Morgan fingerprint density at radius 1 is 1.67 bits per heavy atom. The Balaban J connectivity index is 2.14. The molecule has 15 heavy (non-hydrogen) atoms. The van der Waals surface area contributed by atoms with Gasteiger partial charge in [-0.3, -0.25) is 4.79 Å². The lowest BCUT2D eigenvalue weighted by atomic mass is 10.2. The van der Waals surface area contributed by atoms with E-state index in [1.54, 1.807) is 11.3 Å². The number of esters is 1. The second kappa shape index (κ2) is 6.58. The molecule has 1 N–H and O–H groups in total. The standard InChI is InChI=1S/C11H17NO2S/c1-9(8-10-4-3-7-15-10)12-6-5-11(13)14-2/h3-4,7,9,12H,5-6,8H2,1-2H3. The molecule has 0 aliphatic rings. The summed E-state index contributed by atoms with van der Waals surface area (Å²) in [6.07, 6.45) is 1.45.